The van der Waals surface area contributed by atoms with E-state index in [0.29, 0.717) is 0 Å². The van der Waals surface area contributed by atoms with E-state index in [-0.39, 0.29) is 11.1 Å². The van der Waals surface area contributed by atoms with Crippen molar-refractivity contribution in [2.75, 3.05) is 0 Å². The average molecular weight is 303 g/mol. The van der Waals surface area contributed by atoms with Crippen molar-refractivity contribution in [1.82, 2.24) is 5.43 Å². The number of para-hydroxylation sites is 1. The fourth-order valence-electron chi connectivity index (χ4n) is 1.63. The van der Waals surface area contributed by atoms with E-state index in [0.717, 1.165) is 24.4 Å². The van der Waals surface area contributed by atoms with Gasteiger partial charge in [0.05, 0.1) is 11.1 Å². The van der Waals surface area contributed by atoms with Crippen molar-refractivity contribution in [3.05, 3.63) is 69.5 Å². The number of hydrogen-bond donors (Lipinski definition) is 2. The molecule has 0 saturated carbocycles. The SMILES string of the molecule is O=C(N/N=C/c1cccc([N+](=O)[O-])c1O)c1ccc(F)cc1. The number of carbonyl (C=O) groups excluding carboxylic acids is 1. The van der Waals surface area contributed by atoms with Gasteiger partial charge < -0.3 is 5.11 Å². The minimum absolute atomic E-state index is 0.0774. The second kappa shape index (κ2) is 6.44. The number of phenols is 1. The molecule has 7 nitrogen and oxygen atoms in total. The summed E-state index contributed by atoms with van der Waals surface area (Å²) in [4.78, 5) is 21.6. The van der Waals surface area contributed by atoms with Gasteiger partial charge in [0.15, 0.2) is 0 Å². The number of aromatic hydroxyl groups is 1. The summed E-state index contributed by atoms with van der Waals surface area (Å²) >= 11 is 0. The fraction of sp³-hybridized carbons (Fsp3) is 0. The summed E-state index contributed by atoms with van der Waals surface area (Å²) in [5, 5.41) is 24.0. The summed E-state index contributed by atoms with van der Waals surface area (Å²) < 4.78 is 12.7. The molecule has 0 saturated heterocycles. The molecule has 0 fully saturated rings. The molecule has 0 bridgehead atoms. The highest BCUT2D eigenvalue weighted by atomic mass is 19.1. The first-order chi connectivity index (χ1) is 10.5. The smallest absolute Gasteiger partial charge is 0.311 e. The number of nitrogens with zero attached hydrogens (tertiary/aromatic N) is 2. The Morgan fingerprint density at radius 3 is 2.59 bits per heavy atom. The molecule has 2 rings (SSSR count). The summed E-state index contributed by atoms with van der Waals surface area (Å²) in [6.07, 6.45) is 1.07. The maximum absolute atomic E-state index is 12.7. The first-order valence-electron chi connectivity index (χ1n) is 6.04. The molecule has 0 atom stereocenters. The number of nitro benzene ring substituents is 1. The van der Waals surface area contributed by atoms with Gasteiger partial charge in [-0.15, -0.1) is 0 Å². The number of benzene rings is 2. The maximum atomic E-state index is 12.7. The van der Waals surface area contributed by atoms with Gasteiger partial charge in [0.1, 0.15) is 5.82 Å². The van der Waals surface area contributed by atoms with Crippen LogP contribution in [0.1, 0.15) is 15.9 Å². The van der Waals surface area contributed by atoms with Gasteiger partial charge in [-0.2, -0.15) is 5.10 Å². The lowest BCUT2D eigenvalue weighted by atomic mass is 10.2. The molecule has 2 aromatic rings. The molecule has 0 spiro atoms. The molecule has 0 radical (unpaired) electrons. The number of carbonyl (C=O) groups is 1. The molecular formula is C14H10FN3O4. The van der Waals surface area contributed by atoms with Gasteiger partial charge in [-0.05, 0) is 30.3 Å². The second-order valence-electron chi connectivity index (χ2n) is 4.18. The Balaban J connectivity index is 2.10. The van der Waals surface area contributed by atoms with E-state index in [9.17, 15) is 24.4 Å². The van der Waals surface area contributed by atoms with E-state index >= 15 is 0 Å². The number of halogens is 1. The van der Waals surface area contributed by atoms with Crippen molar-refractivity contribution in [3.8, 4) is 5.75 Å². The van der Waals surface area contributed by atoms with Crippen molar-refractivity contribution < 1.29 is 19.2 Å². The highest BCUT2D eigenvalue weighted by molar-refractivity contribution is 5.95. The zero-order chi connectivity index (χ0) is 16.1. The van der Waals surface area contributed by atoms with E-state index in [1.807, 2.05) is 0 Å². The zero-order valence-electron chi connectivity index (χ0n) is 11.1. The van der Waals surface area contributed by atoms with Crippen LogP contribution in [-0.4, -0.2) is 22.2 Å². The van der Waals surface area contributed by atoms with Crippen LogP contribution in [0.2, 0.25) is 0 Å². The summed E-state index contributed by atoms with van der Waals surface area (Å²) in [6, 6.07) is 8.74. The standard InChI is InChI=1S/C14H10FN3O4/c15-11-6-4-9(5-7-11)14(20)17-16-8-10-2-1-3-12(13(10)19)18(21)22/h1-8,19H,(H,17,20)/b16-8+. The highest BCUT2D eigenvalue weighted by Crippen LogP contribution is 2.27. The molecule has 2 aromatic carbocycles. The Bertz CT molecular complexity index is 744. The number of phenolic OH excluding ortho intramolecular Hbond substituents is 1. The molecule has 0 aliphatic rings. The van der Waals surface area contributed by atoms with E-state index in [1.165, 1.54) is 24.3 Å². The van der Waals surface area contributed by atoms with Gasteiger partial charge in [-0.1, -0.05) is 6.07 Å². The van der Waals surface area contributed by atoms with Crippen molar-refractivity contribution in [1.29, 1.82) is 0 Å². The van der Waals surface area contributed by atoms with Crippen LogP contribution < -0.4 is 5.43 Å². The van der Waals surface area contributed by atoms with Gasteiger partial charge in [0.25, 0.3) is 5.91 Å². The number of amides is 1. The molecule has 112 valence electrons. The number of nitrogens with one attached hydrogen (secondary N) is 1. The minimum Gasteiger partial charge on any atom is -0.502 e. The first-order valence-corrected chi connectivity index (χ1v) is 6.04. The van der Waals surface area contributed by atoms with Crippen molar-refractivity contribution >= 4 is 17.8 Å². The Morgan fingerprint density at radius 1 is 1.27 bits per heavy atom. The third-order valence-corrected chi connectivity index (χ3v) is 2.72. The van der Waals surface area contributed by atoms with Gasteiger partial charge >= 0.3 is 5.69 Å². The van der Waals surface area contributed by atoms with Gasteiger partial charge in [0, 0.05) is 17.2 Å². The predicted molar refractivity (Wildman–Crippen MR) is 76.2 cm³/mol. The molecule has 0 unspecified atom stereocenters. The third kappa shape index (κ3) is 3.42. The molecule has 0 aliphatic carbocycles. The van der Waals surface area contributed by atoms with Crippen molar-refractivity contribution in [3.63, 3.8) is 0 Å². The minimum atomic E-state index is -0.732. The summed E-state index contributed by atoms with van der Waals surface area (Å²) in [6.45, 7) is 0. The molecule has 8 heteroatoms. The Morgan fingerprint density at radius 2 is 1.95 bits per heavy atom. The lowest BCUT2D eigenvalue weighted by molar-refractivity contribution is -0.385. The van der Waals surface area contributed by atoms with E-state index in [1.54, 1.807) is 0 Å². The molecule has 1 amide bonds. The number of rotatable bonds is 4. The van der Waals surface area contributed by atoms with E-state index in [2.05, 4.69) is 10.5 Å². The second-order valence-corrected chi connectivity index (χ2v) is 4.18. The van der Waals surface area contributed by atoms with Crippen molar-refractivity contribution in [2.24, 2.45) is 5.10 Å². The van der Waals surface area contributed by atoms with Gasteiger partial charge in [-0.3, -0.25) is 14.9 Å². The Kier molecular flexibility index (Phi) is 4.42. The normalized spacial score (nSPS) is 10.6. The maximum Gasteiger partial charge on any atom is 0.311 e. The number of nitro groups is 1. The quantitative estimate of drug-likeness (QED) is 0.513. The van der Waals surface area contributed by atoms with E-state index in [4.69, 9.17) is 0 Å². The molecule has 0 heterocycles. The van der Waals surface area contributed by atoms with Crippen LogP contribution in [0.5, 0.6) is 5.75 Å². The number of hydrazone groups is 1. The lowest BCUT2D eigenvalue weighted by Gasteiger charge is -2.01. The summed E-state index contributed by atoms with van der Waals surface area (Å²) in [7, 11) is 0. The summed E-state index contributed by atoms with van der Waals surface area (Å²) in [5.41, 5.74) is 1.98. The van der Waals surface area contributed by atoms with Crippen LogP contribution in [-0.2, 0) is 0 Å². The molecular weight excluding hydrogens is 293 g/mol. The predicted octanol–water partition coefficient (Wildman–Crippen LogP) is 2.20. The van der Waals surface area contributed by atoms with Gasteiger partial charge in [0.2, 0.25) is 5.75 Å². The zero-order valence-corrected chi connectivity index (χ0v) is 11.1. The molecule has 0 aromatic heterocycles. The molecule has 22 heavy (non-hydrogen) atoms. The Labute approximate surface area is 123 Å². The van der Waals surface area contributed by atoms with Gasteiger partial charge in [-0.25, -0.2) is 9.82 Å². The van der Waals surface area contributed by atoms with Crippen LogP contribution in [0.25, 0.3) is 0 Å². The Hall–Kier alpha value is -3.29. The van der Waals surface area contributed by atoms with Crippen LogP contribution in [0.4, 0.5) is 10.1 Å². The fourth-order valence-corrected chi connectivity index (χ4v) is 1.63. The highest BCUT2D eigenvalue weighted by Gasteiger charge is 2.15. The number of hydrogen-bond acceptors (Lipinski definition) is 5. The molecule has 2 N–H and O–H groups in total. The van der Waals surface area contributed by atoms with Crippen LogP contribution in [0.3, 0.4) is 0 Å². The molecule has 0 aliphatic heterocycles. The van der Waals surface area contributed by atoms with Crippen molar-refractivity contribution in [2.45, 2.75) is 0 Å². The first kappa shape index (κ1) is 15.1. The van der Waals surface area contributed by atoms with Crippen LogP contribution >= 0.6 is 0 Å². The lowest BCUT2D eigenvalue weighted by Crippen LogP contribution is -2.17. The largest absolute Gasteiger partial charge is 0.502 e. The summed E-state index contributed by atoms with van der Waals surface area (Å²) in [5.74, 6) is -1.60. The monoisotopic (exact) mass is 303 g/mol. The van der Waals surface area contributed by atoms with Crippen LogP contribution in [0, 0.1) is 15.9 Å². The third-order valence-electron chi connectivity index (χ3n) is 2.72. The van der Waals surface area contributed by atoms with E-state index < -0.39 is 28.1 Å². The average Bonchev–Trinajstić information content (AvgIpc) is 2.49. The van der Waals surface area contributed by atoms with Crippen LogP contribution in [0.15, 0.2) is 47.6 Å². The topological polar surface area (TPSA) is 105 Å².